The van der Waals surface area contributed by atoms with Gasteiger partial charge in [-0.3, -0.25) is 4.79 Å². The summed E-state index contributed by atoms with van der Waals surface area (Å²) in [6.45, 7) is 0.473. The van der Waals surface area contributed by atoms with Crippen molar-refractivity contribution in [3.63, 3.8) is 0 Å². The molecule has 4 nitrogen and oxygen atoms in total. The van der Waals surface area contributed by atoms with Crippen LogP contribution in [-0.2, 0) is 6.42 Å². The Bertz CT molecular complexity index is 855. The van der Waals surface area contributed by atoms with Crippen molar-refractivity contribution in [3.8, 4) is 17.1 Å². The predicted octanol–water partition coefficient (Wildman–Crippen LogP) is 4.07. The minimum atomic E-state index is -0.386. The maximum Gasteiger partial charge on any atom is 0.287 e. The molecule has 3 aromatic rings. The average Bonchev–Trinajstić information content (AvgIpc) is 3.12. The summed E-state index contributed by atoms with van der Waals surface area (Å²) in [6, 6.07) is 17.1. The first-order chi connectivity index (χ1) is 12.2. The lowest BCUT2D eigenvalue weighted by Crippen LogP contribution is -2.25. The van der Waals surface area contributed by atoms with Crippen molar-refractivity contribution in [2.24, 2.45) is 0 Å². The van der Waals surface area contributed by atoms with Gasteiger partial charge in [0.2, 0.25) is 0 Å². The number of methoxy groups -OCH3 is 1. The van der Waals surface area contributed by atoms with Gasteiger partial charge in [0.05, 0.1) is 12.7 Å². The van der Waals surface area contributed by atoms with Gasteiger partial charge in [-0.2, -0.15) is 0 Å². The minimum Gasteiger partial charge on any atom is -0.497 e. The molecule has 0 aliphatic heterocycles. The number of rotatable bonds is 6. The van der Waals surface area contributed by atoms with Crippen LogP contribution in [0.4, 0.5) is 4.39 Å². The van der Waals surface area contributed by atoms with E-state index in [1.165, 1.54) is 6.07 Å². The number of carbonyl (C=O) groups excluding carboxylic acids is 1. The van der Waals surface area contributed by atoms with Crippen molar-refractivity contribution in [2.45, 2.75) is 6.42 Å². The van der Waals surface area contributed by atoms with Crippen LogP contribution >= 0.6 is 0 Å². The topological polar surface area (TPSA) is 51.5 Å². The highest BCUT2D eigenvalue weighted by Crippen LogP contribution is 2.24. The molecule has 0 bridgehead atoms. The Morgan fingerprint density at radius 3 is 2.56 bits per heavy atom. The maximum atomic E-state index is 13.8. The lowest BCUT2D eigenvalue weighted by molar-refractivity contribution is 0.0927. The number of carbonyl (C=O) groups is 1. The highest BCUT2D eigenvalue weighted by atomic mass is 19.1. The Morgan fingerprint density at radius 1 is 1.08 bits per heavy atom. The maximum absolute atomic E-state index is 13.8. The molecule has 1 aromatic heterocycles. The van der Waals surface area contributed by atoms with Crippen molar-refractivity contribution in [2.75, 3.05) is 13.7 Å². The summed E-state index contributed by atoms with van der Waals surface area (Å²) in [4.78, 5) is 12.1. The highest BCUT2D eigenvalue weighted by molar-refractivity contribution is 5.92. The van der Waals surface area contributed by atoms with E-state index in [9.17, 15) is 9.18 Å². The van der Waals surface area contributed by atoms with Crippen molar-refractivity contribution in [3.05, 3.63) is 77.8 Å². The number of furan rings is 1. The molecule has 0 fully saturated rings. The fourth-order valence-electron chi connectivity index (χ4n) is 2.47. The number of hydrogen-bond acceptors (Lipinski definition) is 3. The Balaban J connectivity index is 1.57. The third-order valence-corrected chi connectivity index (χ3v) is 3.83. The van der Waals surface area contributed by atoms with E-state index < -0.39 is 0 Å². The third kappa shape index (κ3) is 4.07. The van der Waals surface area contributed by atoms with Gasteiger partial charge < -0.3 is 14.5 Å². The molecule has 0 saturated carbocycles. The molecule has 128 valence electrons. The first-order valence-electron chi connectivity index (χ1n) is 7.93. The lowest BCUT2D eigenvalue weighted by atomic mass is 10.1. The Hall–Kier alpha value is -3.08. The van der Waals surface area contributed by atoms with Gasteiger partial charge in [0.1, 0.15) is 17.3 Å². The van der Waals surface area contributed by atoms with Crippen LogP contribution in [0.5, 0.6) is 5.75 Å². The minimum absolute atomic E-state index is 0.160. The zero-order valence-corrected chi connectivity index (χ0v) is 13.8. The van der Waals surface area contributed by atoms with Crippen LogP contribution in [0.2, 0.25) is 0 Å². The Labute approximate surface area is 145 Å². The van der Waals surface area contributed by atoms with Gasteiger partial charge in [-0.1, -0.05) is 24.3 Å². The normalized spacial score (nSPS) is 10.5. The van der Waals surface area contributed by atoms with Gasteiger partial charge >= 0.3 is 0 Å². The number of nitrogens with one attached hydrogen (secondary N) is 1. The second-order valence-electron chi connectivity index (χ2n) is 5.50. The summed E-state index contributed by atoms with van der Waals surface area (Å²) in [5, 5.41) is 2.80. The molecule has 0 spiro atoms. The number of halogens is 1. The molecule has 1 heterocycles. The van der Waals surface area contributed by atoms with Gasteiger partial charge in [-0.25, -0.2) is 4.39 Å². The molecular formula is C20H18FNO3. The molecule has 2 aromatic carbocycles. The van der Waals surface area contributed by atoms with Gasteiger partial charge in [-0.05, 0) is 48.4 Å². The zero-order chi connectivity index (χ0) is 17.6. The zero-order valence-electron chi connectivity index (χ0n) is 13.8. The van der Waals surface area contributed by atoms with Crippen molar-refractivity contribution < 1.29 is 18.3 Å². The van der Waals surface area contributed by atoms with Crippen LogP contribution in [0.15, 0.2) is 65.1 Å². The number of benzene rings is 2. The summed E-state index contributed by atoms with van der Waals surface area (Å²) in [5.41, 5.74) is 1.42. The number of ether oxygens (including phenoxy) is 1. The van der Waals surface area contributed by atoms with Crippen LogP contribution in [0, 0.1) is 5.82 Å². The Morgan fingerprint density at radius 2 is 1.84 bits per heavy atom. The molecule has 5 heteroatoms. The smallest absolute Gasteiger partial charge is 0.287 e. The molecular weight excluding hydrogens is 321 g/mol. The largest absolute Gasteiger partial charge is 0.497 e. The standard InChI is InChI=1S/C20H18FNO3/c1-24-15-8-6-14(7-9-15)12-13-22-20(23)19-11-10-18(25-19)16-4-2-3-5-17(16)21/h2-11H,12-13H2,1H3,(H,22,23). The van der Waals surface area contributed by atoms with E-state index in [0.717, 1.165) is 11.3 Å². The fourth-order valence-corrected chi connectivity index (χ4v) is 2.47. The lowest BCUT2D eigenvalue weighted by Gasteiger charge is -2.05. The molecule has 1 amide bonds. The molecule has 3 rings (SSSR count). The predicted molar refractivity (Wildman–Crippen MR) is 93.1 cm³/mol. The van der Waals surface area contributed by atoms with E-state index in [1.54, 1.807) is 37.4 Å². The van der Waals surface area contributed by atoms with Crippen LogP contribution in [0.25, 0.3) is 11.3 Å². The van der Waals surface area contributed by atoms with E-state index in [1.807, 2.05) is 24.3 Å². The van der Waals surface area contributed by atoms with Crippen LogP contribution in [0.3, 0.4) is 0 Å². The van der Waals surface area contributed by atoms with Gasteiger partial charge in [-0.15, -0.1) is 0 Å². The van der Waals surface area contributed by atoms with Crippen molar-refractivity contribution >= 4 is 5.91 Å². The molecule has 0 saturated heterocycles. The van der Waals surface area contributed by atoms with Gasteiger partial charge in [0.15, 0.2) is 5.76 Å². The van der Waals surface area contributed by atoms with Gasteiger partial charge in [0.25, 0.3) is 5.91 Å². The van der Waals surface area contributed by atoms with E-state index in [2.05, 4.69) is 5.32 Å². The molecule has 0 radical (unpaired) electrons. The number of hydrogen-bond donors (Lipinski definition) is 1. The molecule has 1 N–H and O–H groups in total. The van der Waals surface area contributed by atoms with Crippen LogP contribution in [0.1, 0.15) is 16.1 Å². The third-order valence-electron chi connectivity index (χ3n) is 3.83. The second-order valence-corrected chi connectivity index (χ2v) is 5.50. The molecule has 25 heavy (non-hydrogen) atoms. The number of amides is 1. The van der Waals surface area contributed by atoms with E-state index in [-0.39, 0.29) is 17.5 Å². The molecule has 0 aliphatic carbocycles. The van der Waals surface area contributed by atoms with Crippen LogP contribution in [-0.4, -0.2) is 19.6 Å². The molecule has 0 aliphatic rings. The summed E-state index contributed by atoms with van der Waals surface area (Å²) < 4.78 is 24.3. The van der Waals surface area contributed by atoms with Crippen molar-refractivity contribution in [1.29, 1.82) is 0 Å². The first kappa shape index (κ1) is 16.8. The summed E-state index contributed by atoms with van der Waals surface area (Å²) in [7, 11) is 1.62. The van der Waals surface area contributed by atoms with Crippen LogP contribution < -0.4 is 10.1 Å². The van der Waals surface area contributed by atoms with E-state index in [4.69, 9.17) is 9.15 Å². The highest BCUT2D eigenvalue weighted by Gasteiger charge is 2.13. The van der Waals surface area contributed by atoms with Crippen molar-refractivity contribution in [1.82, 2.24) is 5.32 Å². The average molecular weight is 339 g/mol. The quantitative estimate of drug-likeness (QED) is 0.737. The Kier molecular flexibility index (Phi) is 5.14. The summed E-state index contributed by atoms with van der Waals surface area (Å²) in [6.07, 6.45) is 0.691. The van der Waals surface area contributed by atoms with E-state index >= 15 is 0 Å². The summed E-state index contributed by atoms with van der Waals surface area (Å²) in [5.74, 6) is 0.579. The first-order valence-corrected chi connectivity index (χ1v) is 7.93. The van der Waals surface area contributed by atoms with Gasteiger partial charge in [0, 0.05) is 6.54 Å². The fraction of sp³-hybridized carbons (Fsp3) is 0.150. The molecule has 0 unspecified atom stereocenters. The second kappa shape index (κ2) is 7.66. The van der Waals surface area contributed by atoms with E-state index in [0.29, 0.717) is 24.3 Å². The summed E-state index contributed by atoms with van der Waals surface area (Å²) >= 11 is 0. The monoisotopic (exact) mass is 339 g/mol. The SMILES string of the molecule is COc1ccc(CCNC(=O)c2ccc(-c3ccccc3F)o2)cc1. The molecule has 0 atom stereocenters.